The third-order valence-electron chi connectivity index (χ3n) is 10.1. The standard InChI is InChI=1S/C44H48N2O10/c1-6-7-20-53-44(50)45(4)35(22-32-21-28(2)39(51-5)41(34(32)23-47)54-25-31-16-12-9-13-17-31)43(49)46-19-18-33-37(42-40(55-27-56-42)29(3)38(33)48)36(46)26-52-24-30-14-10-8-11-15-30/h8-19,21,23,35-36,48H,6-7,20,22,24-27H2,1-5H3/t35-,36-/m0/s1. The Bertz CT molecular complexity index is 2070. The minimum Gasteiger partial charge on any atom is -0.507 e. The van der Waals surface area contributed by atoms with Crippen LogP contribution in [0.3, 0.4) is 0 Å². The van der Waals surface area contributed by atoms with Gasteiger partial charge in [-0.3, -0.25) is 14.5 Å². The first kappa shape index (κ1) is 39.7. The van der Waals surface area contributed by atoms with E-state index in [1.165, 1.54) is 24.0 Å². The van der Waals surface area contributed by atoms with E-state index in [1.807, 2.05) is 74.5 Å². The first-order valence-corrected chi connectivity index (χ1v) is 18.7. The van der Waals surface area contributed by atoms with Crippen LogP contribution >= 0.6 is 0 Å². The number of aryl methyl sites for hydroxylation is 1. The average molecular weight is 765 g/mol. The van der Waals surface area contributed by atoms with Crippen molar-refractivity contribution >= 4 is 24.4 Å². The van der Waals surface area contributed by atoms with E-state index in [1.54, 1.807) is 25.3 Å². The Kier molecular flexibility index (Phi) is 12.8. The highest BCUT2D eigenvalue weighted by Crippen LogP contribution is 2.51. The van der Waals surface area contributed by atoms with Gasteiger partial charge in [-0.25, -0.2) is 4.79 Å². The van der Waals surface area contributed by atoms with Gasteiger partial charge in [-0.05, 0) is 48.6 Å². The molecule has 4 aromatic rings. The molecule has 12 heteroatoms. The lowest BCUT2D eigenvalue weighted by Gasteiger charge is -2.38. The molecular formula is C44H48N2O10. The molecule has 0 aromatic heterocycles. The zero-order valence-electron chi connectivity index (χ0n) is 32.4. The number of carbonyl (C=O) groups excluding carboxylic acids is 3. The summed E-state index contributed by atoms with van der Waals surface area (Å²) < 4.78 is 35.6. The molecule has 2 atom stereocenters. The van der Waals surface area contributed by atoms with Crippen molar-refractivity contribution in [3.8, 4) is 28.7 Å². The first-order valence-electron chi connectivity index (χ1n) is 18.7. The summed E-state index contributed by atoms with van der Waals surface area (Å²) >= 11 is 0. The Morgan fingerprint density at radius 3 is 2.34 bits per heavy atom. The molecule has 0 saturated heterocycles. The Morgan fingerprint density at radius 2 is 1.68 bits per heavy atom. The van der Waals surface area contributed by atoms with Gasteiger partial charge >= 0.3 is 6.09 Å². The van der Waals surface area contributed by atoms with Crippen LogP contribution in [0.15, 0.2) is 72.9 Å². The number of ether oxygens (including phenoxy) is 6. The van der Waals surface area contributed by atoms with Gasteiger partial charge in [0.05, 0.1) is 38.5 Å². The highest BCUT2D eigenvalue weighted by Gasteiger charge is 2.41. The van der Waals surface area contributed by atoms with E-state index in [0.29, 0.717) is 57.8 Å². The van der Waals surface area contributed by atoms with Crippen molar-refractivity contribution in [3.63, 3.8) is 0 Å². The number of phenolic OH excluding ortho intramolecular Hbond substituents is 1. The lowest BCUT2D eigenvalue weighted by Crippen LogP contribution is -2.51. The molecule has 294 valence electrons. The number of amides is 2. The number of phenols is 1. The predicted octanol–water partition coefficient (Wildman–Crippen LogP) is 7.69. The minimum absolute atomic E-state index is 0.00110. The second-order valence-corrected chi connectivity index (χ2v) is 13.8. The van der Waals surface area contributed by atoms with Gasteiger partial charge < -0.3 is 38.4 Å². The summed E-state index contributed by atoms with van der Waals surface area (Å²) in [7, 11) is 3.01. The van der Waals surface area contributed by atoms with Gasteiger partial charge in [-0.15, -0.1) is 0 Å². The summed E-state index contributed by atoms with van der Waals surface area (Å²) in [5.41, 5.74) is 4.66. The molecule has 2 aliphatic heterocycles. The molecule has 56 heavy (non-hydrogen) atoms. The number of likely N-dealkylation sites (N-methyl/N-ethyl adjacent to an activating group) is 1. The third kappa shape index (κ3) is 8.30. The molecule has 2 aliphatic rings. The molecule has 1 N–H and O–H groups in total. The van der Waals surface area contributed by atoms with Crippen molar-refractivity contribution in [1.82, 2.24) is 9.80 Å². The largest absolute Gasteiger partial charge is 0.507 e. The first-order chi connectivity index (χ1) is 27.2. The number of methoxy groups -OCH3 is 1. The molecule has 0 radical (unpaired) electrons. The Hall–Kier alpha value is -6.01. The third-order valence-corrected chi connectivity index (χ3v) is 10.1. The quantitative estimate of drug-likeness (QED) is 0.0895. The Labute approximate surface area is 327 Å². The fourth-order valence-electron chi connectivity index (χ4n) is 7.05. The van der Waals surface area contributed by atoms with Gasteiger partial charge in [-0.2, -0.15) is 0 Å². The fraction of sp³-hybridized carbons (Fsp3) is 0.341. The van der Waals surface area contributed by atoms with E-state index < -0.39 is 24.1 Å². The van der Waals surface area contributed by atoms with E-state index in [2.05, 4.69) is 0 Å². The van der Waals surface area contributed by atoms with Crippen molar-refractivity contribution in [2.75, 3.05) is 34.2 Å². The van der Waals surface area contributed by atoms with E-state index in [4.69, 9.17) is 28.4 Å². The molecule has 0 aliphatic carbocycles. The molecule has 6 rings (SSSR count). The number of unbranched alkanes of at least 4 members (excludes halogenated alkanes) is 1. The molecule has 0 saturated carbocycles. The Morgan fingerprint density at radius 1 is 1.00 bits per heavy atom. The summed E-state index contributed by atoms with van der Waals surface area (Å²) in [6.07, 6.45) is 4.59. The minimum atomic E-state index is -1.18. The second kappa shape index (κ2) is 18.1. The highest BCUT2D eigenvalue weighted by atomic mass is 16.7. The van der Waals surface area contributed by atoms with Gasteiger partial charge in [0.2, 0.25) is 12.7 Å². The molecule has 0 spiro atoms. The van der Waals surface area contributed by atoms with Crippen molar-refractivity contribution in [2.24, 2.45) is 0 Å². The molecule has 2 heterocycles. The van der Waals surface area contributed by atoms with Crippen LogP contribution < -0.4 is 18.9 Å². The monoisotopic (exact) mass is 764 g/mol. The van der Waals surface area contributed by atoms with Crippen molar-refractivity contribution in [3.05, 3.63) is 117 Å². The van der Waals surface area contributed by atoms with Crippen LogP contribution in [-0.2, 0) is 33.9 Å². The summed E-state index contributed by atoms with van der Waals surface area (Å²) in [5, 5.41) is 11.3. The Balaban J connectivity index is 1.41. The van der Waals surface area contributed by atoms with Crippen LogP contribution in [0.1, 0.15) is 75.1 Å². The maximum Gasteiger partial charge on any atom is 0.410 e. The summed E-state index contributed by atoms with van der Waals surface area (Å²) in [5.74, 6) is 0.931. The maximum atomic E-state index is 15.2. The lowest BCUT2D eigenvalue weighted by molar-refractivity contribution is -0.137. The van der Waals surface area contributed by atoms with Crippen LogP contribution in [0.2, 0.25) is 0 Å². The SMILES string of the molecule is CCCCOC(=O)N(C)[C@@H](Cc1cc(C)c(OC)c(OCc2ccccc2)c1C=O)C(=O)N1C=Cc2c(O)c(C)c3c(c2[C@@H]1COCc1ccccc1)OCO3. The zero-order chi connectivity index (χ0) is 39.8. The van der Waals surface area contributed by atoms with Crippen molar-refractivity contribution < 1.29 is 47.9 Å². The number of aldehydes is 1. The number of carbonyl (C=O) groups is 3. The number of benzene rings is 4. The molecule has 0 fully saturated rings. The smallest absolute Gasteiger partial charge is 0.410 e. The number of hydrogen-bond acceptors (Lipinski definition) is 10. The molecule has 4 aromatic carbocycles. The van der Waals surface area contributed by atoms with Crippen LogP contribution in [0, 0.1) is 13.8 Å². The number of fused-ring (bicyclic) bond motifs is 3. The summed E-state index contributed by atoms with van der Waals surface area (Å²) in [6.45, 7) is 6.09. The van der Waals surface area contributed by atoms with Crippen molar-refractivity contribution in [2.45, 2.75) is 65.3 Å². The average Bonchev–Trinajstić information content (AvgIpc) is 3.71. The number of aromatic hydroxyl groups is 1. The maximum absolute atomic E-state index is 15.2. The van der Waals surface area contributed by atoms with Crippen molar-refractivity contribution in [1.29, 1.82) is 0 Å². The van der Waals surface area contributed by atoms with Crippen LogP contribution in [0.25, 0.3) is 6.08 Å². The topological polar surface area (TPSA) is 133 Å². The fourth-order valence-corrected chi connectivity index (χ4v) is 7.05. The molecular weight excluding hydrogens is 716 g/mol. The van der Waals surface area contributed by atoms with Gasteiger partial charge in [0.15, 0.2) is 29.3 Å². The molecule has 0 bridgehead atoms. The lowest BCUT2D eigenvalue weighted by atomic mass is 9.90. The van der Waals surface area contributed by atoms with Gasteiger partial charge in [0.1, 0.15) is 18.4 Å². The van der Waals surface area contributed by atoms with Crippen LogP contribution in [0.5, 0.6) is 28.7 Å². The van der Waals surface area contributed by atoms with Crippen LogP contribution in [0.4, 0.5) is 4.79 Å². The number of rotatable bonds is 16. The van der Waals surface area contributed by atoms with Gasteiger partial charge in [0, 0.05) is 36.4 Å². The van der Waals surface area contributed by atoms with Gasteiger partial charge in [-0.1, -0.05) is 80.1 Å². The van der Waals surface area contributed by atoms with E-state index in [9.17, 15) is 14.7 Å². The molecule has 0 unspecified atom stereocenters. The van der Waals surface area contributed by atoms with E-state index in [0.717, 1.165) is 17.5 Å². The predicted molar refractivity (Wildman–Crippen MR) is 209 cm³/mol. The summed E-state index contributed by atoms with van der Waals surface area (Å²) in [4.78, 5) is 44.5. The highest BCUT2D eigenvalue weighted by molar-refractivity contribution is 5.90. The number of nitrogens with zero attached hydrogens (tertiary/aromatic N) is 2. The summed E-state index contributed by atoms with van der Waals surface area (Å²) in [6, 6.07) is 18.9. The van der Waals surface area contributed by atoms with E-state index in [-0.39, 0.29) is 56.7 Å². The second-order valence-electron chi connectivity index (χ2n) is 13.8. The molecule has 2 amide bonds. The normalized spacial score (nSPS) is 14.5. The van der Waals surface area contributed by atoms with E-state index >= 15 is 4.79 Å². The molecule has 12 nitrogen and oxygen atoms in total. The van der Waals surface area contributed by atoms with Crippen LogP contribution in [-0.4, -0.2) is 73.4 Å². The van der Waals surface area contributed by atoms with Gasteiger partial charge in [0.25, 0.3) is 0 Å². The number of hydrogen-bond donors (Lipinski definition) is 1. The zero-order valence-corrected chi connectivity index (χ0v) is 32.4.